The molecule has 3 N–H and O–H groups in total. The molecule has 3 aliphatic heterocycles. The molecule has 12 heteroatoms. The van der Waals surface area contributed by atoms with E-state index in [1.807, 2.05) is 0 Å². The number of fused-ring (bicyclic) bond motifs is 6. The first-order valence-electron chi connectivity index (χ1n) is 9.88. The number of hydrogen-bond donors (Lipinski definition) is 4. The van der Waals surface area contributed by atoms with E-state index in [2.05, 4.69) is 25.3 Å². The summed E-state index contributed by atoms with van der Waals surface area (Å²) in [7, 11) is -3.72. The van der Waals surface area contributed by atoms with Crippen molar-refractivity contribution in [1.29, 1.82) is 0 Å². The number of anilines is 1. The fourth-order valence-electron chi connectivity index (χ4n) is 4.51. The summed E-state index contributed by atoms with van der Waals surface area (Å²) in [5.41, 5.74) is -3.21. The number of alkyl halides is 2. The lowest BCUT2D eigenvalue weighted by molar-refractivity contribution is -0.0139. The van der Waals surface area contributed by atoms with Gasteiger partial charge in [0, 0.05) is 6.42 Å². The molecular formula is C19H26F3N5O3S. The molecule has 4 heterocycles. The standard InChI is InChI=1S/C19H26F3N5O3S/c1-16(2)14-25-15(28)30-17(3,4)26-12-7-6-10(20)13(24-12)18(5,27-14)11-8-19(21,22)9-23-31(11,16)29/h6-7,11,31H,8-9H2,1-5H3,(H,23,29)(H,24,26)(H,25,27,28)/t11-,18+/m1/s1. The summed E-state index contributed by atoms with van der Waals surface area (Å²) in [6.45, 7) is 6.88. The molecule has 31 heavy (non-hydrogen) atoms. The number of nitrogens with zero attached hydrogens (tertiary/aromatic N) is 2. The highest BCUT2D eigenvalue weighted by Gasteiger charge is 2.63. The molecule has 1 aromatic heterocycles. The van der Waals surface area contributed by atoms with Crippen LogP contribution in [0.5, 0.6) is 0 Å². The SMILES string of the molecule is CC1(C)Nc2ccc(F)c(n2)[C@@]2(C)N=C(NC(=O)O1)C(C)(C)[SH]1(=O)NCC(F)(F)C[C@H]21. The number of halogens is 3. The molecule has 1 saturated heterocycles. The topological polar surface area (TPSA) is 105 Å². The quantitative estimate of drug-likeness (QED) is 0.445. The summed E-state index contributed by atoms with van der Waals surface area (Å²) in [4.78, 5) is 21.4. The fraction of sp³-hybridized carbons (Fsp3) is 0.632. The van der Waals surface area contributed by atoms with Crippen molar-refractivity contribution < 1.29 is 26.9 Å². The third kappa shape index (κ3) is 3.30. The van der Waals surface area contributed by atoms with E-state index in [0.29, 0.717) is 0 Å². The maximum absolute atomic E-state index is 15.0. The highest BCUT2D eigenvalue weighted by Crippen LogP contribution is 2.51. The third-order valence-corrected chi connectivity index (χ3v) is 10.3. The average molecular weight is 462 g/mol. The van der Waals surface area contributed by atoms with Crippen LogP contribution in [-0.2, 0) is 20.4 Å². The van der Waals surface area contributed by atoms with E-state index < -0.39 is 62.2 Å². The lowest BCUT2D eigenvalue weighted by atomic mass is 9.88. The third-order valence-electron chi connectivity index (χ3n) is 6.23. The molecule has 172 valence electrons. The number of cyclic esters (lactones) is 1. The van der Waals surface area contributed by atoms with E-state index in [1.165, 1.54) is 13.0 Å². The van der Waals surface area contributed by atoms with Crippen molar-refractivity contribution >= 4 is 27.9 Å². The number of aliphatic imine (C=N–C) groups is 1. The van der Waals surface area contributed by atoms with Gasteiger partial charge in [-0.25, -0.2) is 22.9 Å². The maximum atomic E-state index is 15.0. The van der Waals surface area contributed by atoms with Crippen LogP contribution in [0.3, 0.4) is 0 Å². The molecule has 4 rings (SSSR count). The Labute approximate surface area is 179 Å². The number of ether oxygens (including phenoxy) is 1. The van der Waals surface area contributed by atoms with E-state index in [0.717, 1.165) is 6.07 Å². The van der Waals surface area contributed by atoms with Gasteiger partial charge in [-0.1, -0.05) is 0 Å². The Hall–Kier alpha value is -2.21. The van der Waals surface area contributed by atoms with Crippen molar-refractivity contribution in [2.75, 3.05) is 11.9 Å². The van der Waals surface area contributed by atoms with Crippen LogP contribution in [0.15, 0.2) is 17.1 Å². The Kier molecular flexibility index (Phi) is 4.55. The predicted octanol–water partition coefficient (Wildman–Crippen LogP) is 2.44. The van der Waals surface area contributed by atoms with E-state index in [4.69, 9.17) is 4.74 Å². The van der Waals surface area contributed by atoms with Crippen LogP contribution in [0.2, 0.25) is 0 Å². The molecule has 3 aliphatic rings. The van der Waals surface area contributed by atoms with Crippen molar-refractivity contribution in [1.82, 2.24) is 15.0 Å². The molecule has 4 bridgehead atoms. The summed E-state index contributed by atoms with van der Waals surface area (Å²) in [5.74, 6) is -3.83. The minimum Gasteiger partial charge on any atom is -0.423 e. The summed E-state index contributed by atoms with van der Waals surface area (Å²) in [6, 6.07) is 2.47. The van der Waals surface area contributed by atoms with Crippen LogP contribution in [0.4, 0.5) is 23.8 Å². The van der Waals surface area contributed by atoms with Gasteiger partial charge in [-0.3, -0.25) is 19.2 Å². The number of alkyl carbamates (subject to hydrolysis) is 1. The average Bonchev–Trinajstić information content (AvgIpc) is 2.63. The second-order valence-electron chi connectivity index (χ2n) is 9.41. The minimum absolute atomic E-state index is 0.0402. The lowest BCUT2D eigenvalue weighted by Gasteiger charge is -2.57. The molecule has 0 saturated carbocycles. The van der Waals surface area contributed by atoms with Gasteiger partial charge in [0.15, 0.2) is 5.72 Å². The van der Waals surface area contributed by atoms with Gasteiger partial charge in [-0.05, 0) is 56.9 Å². The van der Waals surface area contributed by atoms with Gasteiger partial charge in [0.05, 0.1) is 16.5 Å². The van der Waals surface area contributed by atoms with Crippen LogP contribution >= 0.6 is 0 Å². The number of amidine groups is 1. The van der Waals surface area contributed by atoms with Gasteiger partial charge >= 0.3 is 6.09 Å². The molecule has 1 aromatic rings. The van der Waals surface area contributed by atoms with Gasteiger partial charge in [0.1, 0.15) is 28.7 Å². The number of aromatic nitrogens is 1. The number of rotatable bonds is 0. The second-order valence-corrected chi connectivity index (χ2v) is 12.8. The number of carbonyl (C=O) groups is 1. The number of hydrogen-bond acceptors (Lipinski definition) is 6. The van der Waals surface area contributed by atoms with Crippen molar-refractivity contribution in [3.05, 3.63) is 23.6 Å². The van der Waals surface area contributed by atoms with Gasteiger partial charge < -0.3 is 10.1 Å². The van der Waals surface area contributed by atoms with Crippen LogP contribution in [0.25, 0.3) is 0 Å². The highest BCUT2D eigenvalue weighted by atomic mass is 32.3. The first-order valence-corrected chi connectivity index (χ1v) is 11.7. The molecule has 0 aliphatic carbocycles. The zero-order valence-electron chi connectivity index (χ0n) is 17.8. The smallest absolute Gasteiger partial charge is 0.414 e. The monoisotopic (exact) mass is 461 g/mol. The fourth-order valence-corrected chi connectivity index (χ4v) is 8.21. The highest BCUT2D eigenvalue weighted by molar-refractivity contribution is 8.04. The molecule has 1 fully saturated rings. The molecule has 2 atom stereocenters. The Morgan fingerprint density at radius 2 is 1.87 bits per heavy atom. The van der Waals surface area contributed by atoms with E-state index in [-0.39, 0.29) is 17.3 Å². The van der Waals surface area contributed by atoms with Crippen LogP contribution in [-0.4, -0.2) is 49.3 Å². The van der Waals surface area contributed by atoms with Gasteiger partial charge in [-0.15, -0.1) is 0 Å². The molecule has 8 nitrogen and oxygen atoms in total. The minimum atomic E-state index is -3.72. The number of nitrogens with one attached hydrogen (secondary N) is 3. The number of amides is 1. The summed E-state index contributed by atoms with van der Waals surface area (Å²) in [6.07, 6.45) is -1.64. The zero-order valence-corrected chi connectivity index (χ0v) is 18.7. The number of pyridine rings is 1. The largest absolute Gasteiger partial charge is 0.423 e. The summed E-state index contributed by atoms with van der Waals surface area (Å²) in [5, 5.41) is 4.15. The van der Waals surface area contributed by atoms with Crippen LogP contribution < -0.4 is 15.4 Å². The second kappa shape index (κ2) is 6.41. The molecule has 0 unspecified atom stereocenters. The van der Waals surface area contributed by atoms with Crippen molar-refractivity contribution in [2.24, 2.45) is 4.99 Å². The van der Waals surface area contributed by atoms with Gasteiger partial charge in [-0.2, -0.15) is 0 Å². The van der Waals surface area contributed by atoms with Crippen LogP contribution in [0.1, 0.15) is 46.7 Å². The molecule has 1 amide bonds. The van der Waals surface area contributed by atoms with E-state index in [1.54, 1.807) is 27.7 Å². The molecule has 0 radical (unpaired) electrons. The number of carbonyl (C=O) groups excluding carboxylic acids is 1. The van der Waals surface area contributed by atoms with Crippen molar-refractivity contribution in [3.8, 4) is 0 Å². The maximum Gasteiger partial charge on any atom is 0.414 e. The lowest BCUT2D eigenvalue weighted by Crippen LogP contribution is -2.73. The van der Waals surface area contributed by atoms with Crippen molar-refractivity contribution in [3.63, 3.8) is 0 Å². The summed E-state index contributed by atoms with van der Waals surface area (Å²) < 4.78 is 64.9. The Bertz CT molecular complexity index is 1040. The van der Waals surface area contributed by atoms with Crippen molar-refractivity contribution in [2.45, 2.75) is 68.2 Å². The first-order chi connectivity index (χ1) is 14.1. The Balaban J connectivity index is 2.03. The Morgan fingerprint density at radius 3 is 2.55 bits per heavy atom. The van der Waals surface area contributed by atoms with Gasteiger partial charge in [0.2, 0.25) is 0 Å². The van der Waals surface area contributed by atoms with E-state index in [9.17, 15) is 17.8 Å². The van der Waals surface area contributed by atoms with E-state index >= 15 is 4.39 Å². The summed E-state index contributed by atoms with van der Waals surface area (Å²) >= 11 is 0. The number of thiol groups is 1. The molecule has 0 spiro atoms. The first kappa shape index (κ1) is 22.0. The predicted molar refractivity (Wildman–Crippen MR) is 111 cm³/mol. The zero-order chi connectivity index (χ0) is 23.0. The Morgan fingerprint density at radius 1 is 1.19 bits per heavy atom. The molecular weight excluding hydrogens is 435 g/mol. The van der Waals surface area contributed by atoms with Gasteiger partial charge in [0.25, 0.3) is 5.92 Å². The normalized spacial score (nSPS) is 33.2. The molecule has 0 aromatic carbocycles. The van der Waals surface area contributed by atoms with Crippen LogP contribution in [0, 0.1) is 5.82 Å².